The van der Waals surface area contributed by atoms with E-state index in [4.69, 9.17) is 9.84 Å². The van der Waals surface area contributed by atoms with Crippen molar-refractivity contribution in [3.05, 3.63) is 59.9 Å². The SMILES string of the molecule is O=Cc1c(Oc2cccc(CO)c2)nc2ccccn12. The van der Waals surface area contributed by atoms with Gasteiger partial charge in [-0.05, 0) is 29.8 Å². The smallest absolute Gasteiger partial charge is 0.249 e. The fourth-order valence-electron chi connectivity index (χ4n) is 1.99. The number of fused-ring (bicyclic) bond motifs is 1. The number of rotatable bonds is 4. The average Bonchev–Trinajstić information content (AvgIpc) is 2.84. The van der Waals surface area contributed by atoms with Crippen molar-refractivity contribution >= 4 is 11.9 Å². The summed E-state index contributed by atoms with van der Waals surface area (Å²) in [5, 5.41) is 9.11. The number of aliphatic hydroxyl groups excluding tert-OH is 1. The van der Waals surface area contributed by atoms with E-state index < -0.39 is 0 Å². The number of ether oxygens (including phenoxy) is 1. The molecule has 5 heteroatoms. The third kappa shape index (κ3) is 2.15. The molecule has 0 aliphatic heterocycles. The Balaban J connectivity index is 2.03. The number of benzene rings is 1. The molecule has 0 aliphatic carbocycles. The molecular weight excluding hydrogens is 256 g/mol. The zero-order valence-electron chi connectivity index (χ0n) is 10.6. The molecule has 0 atom stereocenters. The molecule has 0 spiro atoms. The number of nitrogens with zero attached hydrogens (tertiary/aromatic N) is 2. The molecule has 0 amide bonds. The predicted molar refractivity (Wildman–Crippen MR) is 73.0 cm³/mol. The molecule has 0 saturated heterocycles. The van der Waals surface area contributed by atoms with Gasteiger partial charge in [0.15, 0.2) is 12.0 Å². The van der Waals surface area contributed by atoms with Crippen molar-refractivity contribution < 1.29 is 14.6 Å². The van der Waals surface area contributed by atoms with Crippen molar-refractivity contribution in [3.63, 3.8) is 0 Å². The maximum Gasteiger partial charge on any atom is 0.249 e. The summed E-state index contributed by atoms with van der Waals surface area (Å²) in [6, 6.07) is 12.5. The van der Waals surface area contributed by atoms with E-state index in [1.807, 2.05) is 12.1 Å². The van der Waals surface area contributed by atoms with Crippen LogP contribution in [0, 0.1) is 0 Å². The Bertz CT molecular complexity index is 765. The Morgan fingerprint density at radius 2 is 2.15 bits per heavy atom. The fourth-order valence-corrected chi connectivity index (χ4v) is 1.99. The molecule has 3 aromatic rings. The maximum atomic E-state index is 11.2. The molecule has 20 heavy (non-hydrogen) atoms. The van der Waals surface area contributed by atoms with Crippen molar-refractivity contribution in [1.82, 2.24) is 9.38 Å². The van der Waals surface area contributed by atoms with Crippen LogP contribution in [0.5, 0.6) is 11.6 Å². The predicted octanol–water partition coefficient (Wildman–Crippen LogP) is 2.43. The molecule has 0 radical (unpaired) electrons. The number of hydrogen-bond donors (Lipinski definition) is 1. The van der Waals surface area contributed by atoms with Crippen LogP contribution in [0.15, 0.2) is 48.7 Å². The molecule has 0 unspecified atom stereocenters. The first-order valence-corrected chi connectivity index (χ1v) is 6.12. The highest BCUT2D eigenvalue weighted by Crippen LogP contribution is 2.25. The van der Waals surface area contributed by atoms with E-state index in [0.717, 1.165) is 5.56 Å². The van der Waals surface area contributed by atoms with E-state index in [0.29, 0.717) is 23.4 Å². The van der Waals surface area contributed by atoms with Gasteiger partial charge in [-0.1, -0.05) is 18.2 Å². The summed E-state index contributed by atoms with van der Waals surface area (Å²) in [6.07, 6.45) is 2.47. The lowest BCUT2D eigenvalue weighted by Crippen LogP contribution is -1.93. The fraction of sp³-hybridized carbons (Fsp3) is 0.0667. The summed E-state index contributed by atoms with van der Waals surface area (Å²) in [5.74, 6) is 0.782. The lowest BCUT2D eigenvalue weighted by molar-refractivity contribution is 0.111. The van der Waals surface area contributed by atoms with Gasteiger partial charge < -0.3 is 9.84 Å². The Labute approximate surface area is 115 Å². The first kappa shape index (κ1) is 12.4. The largest absolute Gasteiger partial charge is 0.437 e. The minimum absolute atomic E-state index is 0.0666. The highest BCUT2D eigenvalue weighted by molar-refractivity contribution is 5.78. The van der Waals surface area contributed by atoms with Gasteiger partial charge in [-0.25, -0.2) is 0 Å². The molecule has 1 N–H and O–H groups in total. The van der Waals surface area contributed by atoms with E-state index in [9.17, 15) is 4.79 Å². The van der Waals surface area contributed by atoms with Gasteiger partial charge in [-0.2, -0.15) is 4.98 Å². The molecule has 2 heterocycles. The molecule has 100 valence electrons. The monoisotopic (exact) mass is 268 g/mol. The van der Waals surface area contributed by atoms with Crippen LogP contribution in [0.3, 0.4) is 0 Å². The molecular formula is C15H12N2O3. The van der Waals surface area contributed by atoms with Crippen LogP contribution in [-0.2, 0) is 6.61 Å². The second kappa shape index (κ2) is 5.14. The van der Waals surface area contributed by atoms with Crippen LogP contribution in [0.1, 0.15) is 16.1 Å². The standard InChI is InChI=1S/C15H12N2O3/c18-9-11-4-3-5-12(8-11)20-15-13(10-19)17-7-2-1-6-14(17)16-15/h1-8,10,18H,9H2. The van der Waals surface area contributed by atoms with E-state index >= 15 is 0 Å². The normalized spacial score (nSPS) is 10.7. The lowest BCUT2D eigenvalue weighted by atomic mass is 10.2. The second-order valence-electron chi connectivity index (χ2n) is 4.26. The second-order valence-corrected chi connectivity index (χ2v) is 4.26. The third-order valence-corrected chi connectivity index (χ3v) is 2.94. The number of carbonyl (C=O) groups excluding carboxylic acids is 1. The zero-order valence-corrected chi connectivity index (χ0v) is 10.6. The van der Waals surface area contributed by atoms with Crippen LogP contribution in [-0.4, -0.2) is 20.8 Å². The molecule has 0 fully saturated rings. The highest BCUT2D eigenvalue weighted by Gasteiger charge is 2.13. The number of imidazole rings is 1. The Morgan fingerprint density at radius 3 is 2.95 bits per heavy atom. The molecule has 0 saturated carbocycles. The Morgan fingerprint density at radius 1 is 1.25 bits per heavy atom. The van der Waals surface area contributed by atoms with Crippen LogP contribution < -0.4 is 4.74 Å². The van der Waals surface area contributed by atoms with Gasteiger partial charge in [0.1, 0.15) is 11.4 Å². The van der Waals surface area contributed by atoms with Gasteiger partial charge in [-0.3, -0.25) is 9.20 Å². The van der Waals surface area contributed by atoms with Gasteiger partial charge >= 0.3 is 0 Å². The van der Waals surface area contributed by atoms with Crippen LogP contribution in [0.4, 0.5) is 0 Å². The summed E-state index contributed by atoms with van der Waals surface area (Å²) in [5.41, 5.74) is 1.73. The molecule has 2 aromatic heterocycles. The van der Waals surface area contributed by atoms with E-state index in [1.165, 1.54) is 0 Å². The van der Waals surface area contributed by atoms with E-state index in [-0.39, 0.29) is 12.5 Å². The zero-order chi connectivity index (χ0) is 13.9. The highest BCUT2D eigenvalue weighted by atomic mass is 16.5. The molecule has 0 bridgehead atoms. The molecule has 0 aliphatic rings. The summed E-state index contributed by atoms with van der Waals surface area (Å²) in [7, 11) is 0. The van der Waals surface area contributed by atoms with Gasteiger partial charge in [0.2, 0.25) is 5.88 Å². The number of pyridine rings is 1. The van der Waals surface area contributed by atoms with Crippen molar-refractivity contribution in [2.75, 3.05) is 0 Å². The Kier molecular flexibility index (Phi) is 3.18. The average molecular weight is 268 g/mol. The van der Waals surface area contributed by atoms with Crippen molar-refractivity contribution in [3.8, 4) is 11.6 Å². The summed E-state index contributed by atoms with van der Waals surface area (Å²) in [4.78, 5) is 15.5. The van der Waals surface area contributed by atoms with E-state index in [1.54, 1.807) is 40.9 Å². The minimum atomic E-state index is -0.0666. The molecule has 5 nitrogen and oxygen atoms in total. The van der Waals surface area contributed by atoms with Crippen molar-refractivity contribution in [2.24, 2.45) is 0 Å². The van der Waals surface area contributed by atoms with Crippen molar-refractivity contribution in [1.29, 1.82) is 0 Å². The molecule has 3 rings (SSSR count). The van der Waals surface area contributed by atoms with Crippen LogP contribution in [0.25, 0.3) is 5.65 Å². The number of hydrogen-bond acceptors (Lipinski definition) is 4. The summed E-state index contributed by atoms with van der Waals surface area (Å²) >= 11 is 0. The van der Waals surface area contributed by atoms with Gasteiger partial charge in [-0.15, -0.1) is 0 Å². The van der Waals surface area contributed by atoms with Gasteiger partial charge in [0, 0.05) is 6.20 Å². The topological polar surface area (TPSA) is 63.8 Å². The van der Waals surface area contributed by atoms with Crippen LogP contribution >= 0.6 is 0 Å². The lowest BCUT2D eigenvalue weighted by Gasteiger charge is -2.04. The number of aliphatic hydroxyl groups is 1. The first-order chi connectivity index (χ1) is 9.81. The quantitative estimate of drug-likeness (QED) is 0.738. The maximum absolute atomic E-state index is 11.2. The summed E-state index contributed by atoms with van der Waals surface area (Å²) < 4.78 is 7.32. The number of aromatic nitrogens is 2. The van der Waals surface area contributed by atoms with Gasteiger partial charge in [0.25, 0.3) is 0 Å². The summed E-state index contributed by atoms with van der Waals surface area (Å²) in [6.45, 7) is -0.0666. The van der Waals surface area contributed by atoms with Crippen LogP contribution in [0.2, 0.25) is 0 Å². The third-order valence-electron chi connectivity index (χ3n) is 2.94. The molecule has 1 aromatic carbocycles. The minimum Gasteiger partial charge on any atom is -0.437 e. The first-order valence-electron chi connectivity index (χ1n) is 6.12. The van der Waals surface area contributed by atoms with E-state index in [2.05, 4.69) is 4.98 Å². The van der Waals surface area contributed by atoms with Crippen molar-refractivity contribution in [2.45, 2.75) is 6.61 Å². The number of carbonyl (C=O) groups is 1. The number of aldehydes is 1. The Hall–Kier alpha value is -2.66. The van der Waals surface area contributed by atoms with Gasteiger partial charge in [0.05, 0.1) is 6.61 Å².